The van der Waals surface area contributed by atoms with Crippen molar-refractivity contribution in [1.82, 2.24) is 15.2 Å². The van der Waals surface area contributed by atoms with Crippen molar-refractivity contribution in [1.29, 1.82) is 0 Å². The average Bonchev–Trinajstić information content (AvgIpc) is 2.45. The van der Waals surface area contributed by atoms with E-state index in [0.29, 0.717) is 18.5 Å². The zero-order valence-corrected chi connectivity index (χ0v) is 14.0. The van der Waals surface area contributed by atoms with E-state index in [1.165, 1.54) is 6.07 Å². The van der Waals surface area contributed by atoms with Crippen LogP contribution in [0.3, 0.4) is 0 Å². The lowest BCUT2D eigenvalue weighted by Crippen LogP contribution is -2.48. The molecule has 140 valence electrons. The lowest BCUT2D eigenvalue weighted by molar-refractivity contribution is -0.274. The maximum Gasteiger partial charge on any atom is 0.573 e. The second-order valence-electron chi connectivity index (χ2n) is 6.54. The molecule has 1 aliphatic carbocycles. The molecule has 1 fully saturated rings. The Hall–Kier alpha value is -2.62. The van der Waals surface area contributed by atoms with Crippen molar-refractivity contribution in [3.05, 3.63) is 23.9 Å². The van der Waals surface area contributed by atoms with Gasteiger partial charge in [0.1, 0.15) is 17.2 Å². The number of hydrogen-bond donors (Lipinski definition) is 3. The third kappa shape index (κ3) is 4.13. The van der Waals surface area contributed by atoms with Crippen LogP contribution < -0.4 is 10.1 Å². The Balaban J connectivity index is 1.77. The normalized spacial score (nSPS) is 22.6. The van der Waals surface area contributed by atoms with Crippen molar-refractivity contribution in [2.75, 3.05) is 5.32 Å². The number of hydrogen-bond acceptors (Lipinski definition) is 7. The van der Waals surface area contributed by atoms with Crippen LogP contribution in [0.2, 0.25) is 0 Å². The summed E-state index contributed by atoms with van der Waals surface area (Å²) in [5, 5.41) is 30.7. The molecule has 0 bridgehead atoms. The van der Waals surface area contributed by atoms with E-state index in [2.05, 4.69) is 25.2 Å². The first kappa shape index (κ1) is 18.2. The Bertz CT molecular complexity index is 819. The standard InChI is InChI=1S/C16H17F3N4O3/c1-8-13(11-4-3-10(5-12(11)24)26-16(17,18)19)22-23-14(20-8)21-9-6-15(2,25)7-9/h3-5,9,24-25H,6-7H2,1-2H3,(H,20,21,23)/t9-,15+. The summed E-state index contributed by atoms with van der Waals surface area (Å²) in [5.41, 5.74) is 0.183. The van der Waals surface area contributed by atoms with Crippen LogP contribution in [0.1, 0.15) is 25.5 Å². The molecule has 1 saturated carbocycles. The molecule has 1 aliphatic rings. The number of aliphatic hydroxyl groups is 1. The third-order valence-electron chi connectivity index (χ3n) is 4.02. The first-order valence-corrected chi connectivity index (χ1v) is 7.82. The van der Waals surface area contributed by atoms with E-state index in [0.717, 1.165) is 12.1 Å². The van der Waals surface area contributed by atoms with E-state index < -0.39 is 23.5 Å². The summed E-state index contributed by atoms with van der Waals surface area (Å²) in [6.07, 6.45) is -3.71. The van der Waals surface area contributed by atoms with Gasteiger partial charge in [0.2, 0.25) is 5.95 Å². The van der Waals surface area contributed by atoms with E-state index in [9.17, 15) is 23.4 Å². The number of nitrogens with one attached hydrogen (secondary N) is 1. The Labute approximate surface area is 146 Å². The van der Waals surface area contributed by atoms with Crippen LogP contribution in [0.4, 0.5) is 19.1 Å². The molecule has 2 aromatic rings. The second kappa shape index (κ2) is 6.27. The van der Waals surface area contributed by atoms with Gasteiger partial charge in [-0.1, -0.05) is 0 Å². The number of rotatable bonds is 4. The topological polar surface area (TPSA) is 100 Å². The number of phenols is 1. The number of anilines is 1. The highest BCUT2D eigenvalue weighted by Crippen LogP contribution is 2.35. The molecule has 0 atom stereocenters. The van der Waals surface area contributed by atoms with Crippen molar-refractivity contribution in [3.63, 3.8) is 0 Å². The van der Waals surface area contributed by atoms with Crippen molar-refractivity contribution >= 4 is 5.95 Å². The monoisotopic (exact) mass is 370 g/mol. The minimum absolute atomic E-state index is 0.0456. The fourth-order valence-corrected chi connectivity index (χ4v) is 2.91. The Morgan fingerprint density at radius 3 is 2.50 bits per heavy atom. The summed E-state index contributed by atoms with van der Waals surface area (Å²) >= 11 is 0. The number of nitrogens with zero attached hydrogens (tertiary/aromatic N) is 3. The van der Waals surface area contributed by atoms with Gasteiger partial charge in [-0.05, 0) is 38.8 Å². The number of aromatic nitrogens is 3. The predicted octanol–water partition coefficient (Wildman–Crippen LogP) is 2.78. The van der Waals surface area contributed by atoms with Gasteiger partial charge in [-0.3, -0.25) is 0 Å². The Kier molecular flexibility index (Phi) is 4.39. The van der Waals surface area contributed by atoms with E-state index >= 15 is 0 Å². The van der Waals surface area contributed by atoms with E-state index in [1.807, 2.05) is 0 Å². The molecule has 0 spiro atoms. The highest BCUT2D eigenvalue weighted by molar-refractivity contribution is 5.69. The summed E-state index contributed by atoms with van der Waals surface area (Å²) in [5.74, 6) is -0.683. The zero-order chi connectivity index (χ0) is 19.1. The molecule has 26 heavy (non-hydrogen) atoms. The number of halogens is 3. The van der Waals surface area contributed by atoms with Crippen molar-refractivity contribution < 1.29 is 28.1 Å². The summed E-state index contributed by atoms with van der Waals surface area (Å²) in [6, 6.07) is 3.23. The quantitative estimate of drug-likeness (QED) is 0.761. The lowest BCUT2D eigenvalue weighted by atomic mass is 9.77. The first-order chi connectivity index (χ1) is 12.0. The van der Waals surface area contributed by atoms with Gasteiger partial charge in [-0.25, -0.2) is 4.98 Å². The number of aryl methyl sites for hydroxylation is 1. The second-order valence-corrected chi connectivity index (χ2v) is 6.54. The molecule has 10 heteroatoms. The molecule has 0 amide bonds. The molecule has 0 aliphatic heterocycles. The fourth-order valence-electron chi connectivity index (χ4n) is 2.91. The minimum Gasteiger partial charge on any atom is -0.507 e. The van der Waals surface area contributed by atoms with Crippen molar-refractivity contribution in [2.45, 2.75) is 44.7 Å². The summed E-state index contributed by atoms with van der Waals surface area (Å²) in [6.45, 7) is 3.39. The molecule has 1 aromatic carbocycles. The van der Waals surface area contributed by atoms with Crippen LogP contribution >= 0.6 is 0 Å². The van der Waals surface area contributed by atoms with Crippen LogP contribution in [-0.4, -0.2) is 43.4 Å². The van der Waals surface area contributed by atoms with Crippen LogP contribution in [0, 0.1) is 6.92 Å². The molecule has 0 radical (unpaired) electrons. The molecule has 0 unspecified atom stereocenters. The Morgan fingerprint density at radius 1 is 1.27 bits per heavy atom. The number of ether oxygens (including phenoxy) is 1. The number of benzene rings is 1. The number of alkyl halides is 3. The van der Waals surface area contributed by atoms with E-state index in [4.69, 9.17) is 0 Å². The number of aromatic hydroxyl groups is 1. The van der Waals surface area contributed by atoms with E-state index in [1.54, 1.807) is 13.8 Å². The fraction of sp³-hybridized carbons (Fsp3) is 0.438. The smallest absolute Gasteiger partial charge is 0.507 e. The van der Waals surface area contributed by atoms with Crippen LogP contribution in [0.15, 0.2) is 18.2 Å². The molecule has 3 N–H and O–H groups in total. The maximum atomic E-state index is 12.2. The highest BCUT2D eigenvalue weighted by atomic mass is 19.4. The zero-order valence-electron chi connectivity index (χ0n) is 14.0. The highest BCUT2D eigenvalue weighted by Gasteiger charge is 2.38. The molecule has 7 nitrogen and oxygen atoms in total. The van der Waals surface area contributed by atoms with Crippen LogP contribution in [-0.2, 0) is 0 Å². The van der Waals surface area contributed by atoms with Gasteiger partial charge < -0.3 is 20.3 Å². The maximum absolute atomic E-state index is 12.2. The third-order valence-corrected chi connectivity index (χ3v) is 4.02. The van der Waals surface area contributed by atoms with Gasteiger partial charge in [0, 0.05) is 17.7 Å². The van der Waals surface area contributed by atoms with Gasteiger partial charge in [0.25, 0.3) is 0 Å². The van der Waals surface area contributed by atoms with Crippen molar-refractivity contribution in [2.24, 2.45) is 0 Å². The molecular weight excluding hydrogens is 353 g/mol. The molecular formula is C16H17F3N4O3. The minimum atomic E-state index is -4.84. The van der Waals surface area contributed by atoms with Crippen molar-refractivity contribution in [3.8, 4) is 22.8 Å². The average molecular weight is 370 g/mol. The first-order valence-electron chi connectivity index (χ1n) is 7.82. The molecule has 0 saturated heterocycles. The predicted molar refractivity (Wildman–Crippen MR) is 85.6 cm³/mol. The van der Waals surface area contributed by atoms with Gasteiger partial charge >= 0.3 is 6.36 Å². The van der Waals surface area contributed by atoms with Crippen LogP contribution in [0.25, 0.3) is 11.3 Å². The SMILES string of the molecule is Cc1nc(N[C@H]2C[C@@](C)(O)C2)nnc1-c1ccc(OC(F)(F)F)cc1O. The van der Waals surface area contributed by atoms with E-state index in [-0.39, 0.29) is 23.2 Å². The molecule has 3 rings (SSSR count). The largest absolute Gasteiger partial charge is 0.573 e. The lowest BCUT2D eigenvalue weighted by Gasteiger charge is -2.41. The Morgan fingerprint density at radius 2 is 1.96 bits per heavy atom. The summed E-state index contributed by atoms with van der Waals surface area (Å²) < 4.78 is 40.5. The molecule has 1 heterocycles. The van der Waals surface area contributed by atoms with Gasteiger partial charge in [0.15, 0.2) is 0 Å². The van der Waals surface area contributed by atoms with Crippen LogP contribution in [0.5, 0.6) is 11.5 Å². The van der Waals surface area contributed by atoms with Gasteiger partial charge in [-0.2, -0.15) is 0 Å². The number of phenolic OH excluding ortho intramolecular Hbond substituents is 1. The van der Waals surface area contributed by atoms with Gasteiger partial charge in [0.05, 0.1) is 11.3 Å². The van der Waals surface area contributed by atoms with Gasteiger partial charge in [-0.15, -0.1) is 23.4 Å². The molecule has 1 aromatic heterocycles. The summed E-state index contributed by atoms with van der Waals surface area (Å²) in [7, 11) is 0. The summed E-state index contributed by atoms with van der Waals surface area (Å²) in [4.78, 5) is 4.25.